The fraction of sp³-hybridized carbons (Fsp3) is 0.500. The Hall–Kier alpha value is -1.62. The van der Waals surface area contributed by atoms with Gasteiger partial charge in [0.1, 0.15) is 0 Å². The Bertz CT molecular complexity index is 479. The summed E-state index contributed by atoms with van der Waals surface area (Å²) >= 11 is 5.14. The van der Waals surface area contributed by atoms with Crippen molar-refractivity contribution in [2.75, 3.05) is 25.0 Å². The van der Waals surface area contributed by atoms with Crippen LogP contribution in [0.15, 0.2) is 24.3 Å². The van der Waals surface area contributed by atoms with Crippen LogP contribution in [-0.4, -0.2) is 35.6 Å². The summed E-state index contributed by atoms with van der Waals surface area (Å²) in [5, 5.41) is 6.73. The van der Waals surface area contributed by atoms with E-state index in [1.165, 1.54) is 12.8 Å². The van der Waals surface area contributed by atoms with E-state index in [1.54, 1.807) is 0 Å². The van der Waals surface area contributed by atoms with Crippen LogP contribution >= 0.6 is 12.2 Å². The second-order valence-corrected chi connectivity index (χ2v) is 5.68. The average molecular weight is 305 g/mol. The monoisotopic (exact) mass is 305 g/mol. The highest BCUT2D eigenvalue weighted by atomic mass is 32.1. The number of nitrogens with zero attached hydrogens (tertiary/aromatic N) is 1. The molecule has 0 radical (unpaired) electrons. The van der Waals surface area contributed by atoms with Gasteiger partial charge in [-0.2, -0.15) is 0 Å². The molecule has 2 N–H and O–H groups in total. The number of benzene rings is 1. The van der Waals surface area contributed by atoms with Crippen LogP contribution in [-0.2, 0) is 0 Å². The molecule has 4 nitrogen and oxygen atoms in total. The molecule has 1 saturated heterocycles. The third kappa shape index (κ3) is 4.70. The molecule has 1 aliphatic rings. The SMILES string of the molecule is CCNC(=S)Nc1ccc(C(=O)N2CCCCCC2)cc1. The molecule has 5 heteroatoms. The fourth-order valence-corrected chi connectivity index (χ4v) is 2.75. The Labute approximate surface area is 131 Å². The van der Waals surface area contributed by atoms with Crippen molar-refractivity contribution in [2.24, 2.45) is 0 Å². The number of carbonyl (C=O) groups is 1. The van der Waals surface area contributed by atoms with Crippen molar-refractivity contribution in [3.63, 3.8) is 0 Å². The third-order valence-corrected chi connectivity index (χ3v) is 3.87. The second-order valence-electron chi connectivity index (χ2n) is 5.27. The Morgan fingerprint density at radius 2 is 1.76 bits per heavy atom. The van der Waals surface area contributed by atoms with Crippen molar-refractivity contribution >= 4 is 28.9 Å². The zero-order chi connectivity index (χ0) is 15.1. The van der Waals surface area contributed by atoms with Gasteiger partial charge in [0.25, 0.3) is 5.91 Å². The van der Waals surface area contributed by atoms with E-state index in [-0.39, 0.29) is 5.91 Å². The van der Waals surface area contributed by atoms with Gasteiger partial charge in [-0.1, -0.05) is 12.8 Å². The largest absolute Gasteiger partial charge is 0.363 e. The number of nitrogens with one attached hydrogen (secondary N) is 2. The van der Waals surface area contributed by atoms with Crippen LogP contribution in [0.1, 0.15) is 43.0 Å². The molecule has 0 saturated carbocycles. The summed E-state index contributed by atoms with van der Waals surface area (Å²) in [4.78, 5) is 14.4. The smallest absolute Gasteiger partial charge is 0.253 e. The predicted molar refractivity (Wildman–Crippen MR) is 90.7 cm³/mol. The number of thiocarbonyl (C=S) groups is 1. The highest BCUT2D eigenvalue weighted by Crippen LogP contribution is 2.15. The molecule has 1 fully saturated rings. The van der Waals surface area contributed by atoms with E-state index in [0.717, 1.165) is 43.7 Å². The minimum Gasteiger partial charge on any atom is -0.363 e. The van der Waals surface area contributed by atoms with Crippen molar-refractivity contribution in [3.8, 4) is 0 Å². The van der Waals surface area contributed by atoms with Gasteiger partial charge in [0, 0.05) is 30.9 Å². The van der Waals surface area contributed by atoms with Gasteiger partial charge in [-0.15, -0.1) is 0 Å². The fourth-order valence-electron chi connectivity index (χ4n) is 2.49. The zero-order valence-corrected chi connectivity index (χ0v) is 13.3. The van der Waals surface area contributed by atoms with Gasteiger partial charge < -0.3 is 15.5 Å². The second kappa shape index (κ2) is 7.98. The van der Waals surface area contributed by atoms with Crippen LogP contribution < -0.4 is 10.6 Å². The number of amides is 1. The van der Waals surface area contributed by atoms with Crippen molar-refractivity contribution in [3.05, 3.63) is 29.8 Å². The van der Waals surface area contributed by atoms with Crippen molar-refractivity contribution in [2.45, 2.75) is 32.6 Å². The lowest BCUT2D eigenvalue weighted by molar-refractivity contribution is 0.0761. The summed E-state index contributed by atoms with van der Waals surface area (Å²) < 4.78 is 0. The lowest BCUT2D eigenvalue weighted by Gasteiger charge is -2.20. The third-order valence-electron chi connectivity index (χ3n) is 3.62. The quantitative estimate of drug-likeness (QED) is 0.843. The van der Waals surface area contributed by atoms with Crippen LogP contribution in [0.4, 0.5) is 5.69 Å². The Kier molecular flexibility index (Phi) is 5.99. The summed E-state index contributed by atoms with van der Waals surface area (Å²) in [7, 11) is 0. The highest BCUT2D eigenvalue weighted by Gasteiger charge is 2.16. The maximum absolute atomic E-state index is 12.5. The molecule has 1 aromatic carbocycles. The van der Waals surface area contributed by atoms with Gasteiger partial charge in [-0.3, -0.25) is 4.79 Å². The summed E-state index contributed by atoms with van der Waals surface area (Å²) in [6, 6.07) is 7.53. The zero-order valence-electron chi connectivity index (χ0n) is 12.5. The van der Waals surface area contributed by atoms with Crippen LogP contribution in [0.3, 0.4) is 0 Å². The number of hydrogen-bond donors (Lipinski definition) is 2. The molecule has 1 amide bonds. The number of likely N-dealkylation sites (tertiary alicyclic amines) is 1. The van der Waals surface area contributed by atoms with Gasteiger partial charge in [-0.05, 0) is 56.2 Å². The summed E-state index contributed by atoms with van der Waals surface area (Å²) in [6.45, 7) is 4.54. The lowest BCUT2D eigenvalue weighted by Crippen LogP contribution is -2.31. The first-order chi connectivity index (χ1) is 10.2. The number of anilines is 1. The summed E-state index contributed by atoms with van der Waals surface area (Å²) in [6.07, 6.45) is 4.69. The summed E-state index contributed by atoms with van der Waals surface area (Å²) in [5.74, 6) is 0.137. The minimum atomic E-state index is 0.137. The van der Waals surface area contributed by atoms with Crippen LogP contribution in [0.5, 0.6) is 0 Å². The Balaban J connectivity index is 1.97. The van der Waals surface area contributed by atoms with Gasteiger partial charge >= 0.3 is 0 Å². The van der Waals surface area contributed by atoms with Crippen molar-refractivity contribution in [1.29, 1.82) is 0 Å². The minimum absolute atomic E-state index is 0.137. The molecule has 114 valence electrons. The van der Waals surface area contributed by atoms with Crippen molar-refractivity contribution < 1.29 is 4.79 Å². The Morgan fingerprint density at radius 1 is 1.14 bits per heavy atom. The number of carbonyl (C=O) groups excluding carboxylic acids is 1. The molecule has 21 heavy (non-hydrogen) atoms. The summed E-state index contributed by atoms with van der Waals surface area (Å²) in [5.41, 5.74) is 1.64. The first kappa shape index (κ1) is 15.8. The Morgan fingerprint density at radius 3 is 2.33 bits per heavy atom. The van der Waals surface area contributed by atoms with Crippen molar-refractivity contribution in [1.82, 2.24) is 10.2 Å². The highest BCUT2D eigenvalue weighted by molar-refractivity contribution is 7.80. The molecule has 0 aromatic heterocycles. The van der Waals surface area contributed by atoms with Crippen LogP contribution in [0, 0.1) is 0 Å². The molecule has 0 unspecified atom stereocenters. The van der Waals surface area contributed by atoms with Gasteiger partial charge in [0.2, 0.25) is 0 Å². The molecule has 1 aromatic rings. The first-order valence-corrected chi connectivity index (χ1v) is 8.05. The van der Waals surface area contributed by atoms with E-state index in [1.807, 2.05) is 36.1 Å². The average Bonchev–Trinajstić information content (AvgIpc) is 2.76. The van der Waals surface area contributed by atoms with Gasteiger partial charge in [-0.25, -0.2) is 0 Å². The molecule has 0 bridgehead atoms. The number of hydrogen-bond acceptors (Lipinski definition) is 2. The first-order valence-electron chi connectivity index (χ1n) is 7.65. The normalized spacial score (nSPS) is 15.2. The molecule has 0 atom stereocenters. The molecule has 0 spiro atoms. The molecule has 1 aliphatic heterocycles. The molecule has 2 rings (SSSR count). The van der Waals surface area contributed by atoms with E-state index >= 15 is 0 Å². The van der Waals surface area contributed by atoms with Crippen LogP contribution in [0.25, 0.3) is 0 Å². The van der Waals surface area contributed by atoms with E-state index in [0.29, 0.717) is 5.11 Å². The van der Waals surface area contributed by atoms with Gasteiger partial charge in [0.15, 0.2) is 5.11 Å². The van der Waals surface area contributed by atoms with Gasteiger partial charge in [0.05, 0.1) is 0 Å². The maximum atomic E-state index is 12.5. The topological polar surface area (TPSA) is 44.4 Å². The van der Waals surface area contributed by atoms with E-state index in [2.05, 4.69) is 10.6 Å². The molecule has 0 aliphatic carbocycles. The van der Waals surface area contributed by atoms with E-state index < -0.39 is 0 Å². The predicted octanol–water partition coefficient (Wildman–Crippen LogP) is 3.01. The standard InChI is InChI=1S/C16H23N3OS/c1-2-17-16(21)18-14-9-7-13(8-10-14)15(20)19-11-5-3-4-6-12-19/h7-10H,2-6,11-12H2,1H3,(H2,17,18,21). The molecular weight excluding hydrogens is 282 g/mol. The lowest BCUT2D eigenvalue weighted by atomic mass is 10.1. The van der Waals surface area contributed by atoms with E-state index in [9.17, 15) is 4.79 Å². The molecule has 1 heterocycles. The number of rotatable bonds is 3. The molecular formula is C16H23N3OS. The van der Waals surface area contributed by atoms with Crippen LogP contribution in [0.2, 0.25) is 0 Å². The maximum Gasteiger partial charge on any atom is 0.253 e. The van der Waals surface area contributed by atoms with E-state index in [4.69, 9.17) is 12.2 Å².